The molecule has 4 atom stereocenters. The molecule has 1 saturated heterocycles. The second kappa shape index (κ2) is 8.96. The van der Waals surface area contributed by atoms with Crippen molar-refractivity contribution in [2.75, 3.05) is 13.7 Å². The number of nitriles is 1. The average Bonchev–Trinajstić information content (AvgIpc) is 3.51. The summed E-state index contributed by atoms with van der Waals surface area (Å²) < 4.78 is 20.7. The van der Waals surface area contributed by atoms with Crippen LogP contribution in [0.4, 0.5) is 4.39 Å². The molecule has 9 heteroatoms. The van der Waals surface area contributed by atoms with E-state index in [-0.39, 0.29) is 30.9 Å². The molecule has 162 valence electrons. The van der Waals surface area contributed by atoms with Gasteiger partial charge in [-0.25, -0.2) is 9.07 Å². The fourth-order valence-electron chi connectivity index (χ4n) is 4.45. The van der Waals surface area contributed by atoms with Crippen molar-refractivity contribution in [3.63, 3.8) is 0 Å². The van der Waals surface area contributed by atoms with Gasteiger partial charge in [0, 0.05) is 31.3 Å². The summed E-state index contributed by atoms with van der Waals surface area (Å²) in [7, 11) is 1.42. The first kappa shape index (κ1) is 21.2. The van der Waals surface area contributed by atoms with E-state index in [0.29, 0.717) is 28.7 Å². The Kier molecular flexibility index (Phi) is 6.11. The van der Waals surface area contributed by atoms with Crippen LogP contribution in [0.25, 0.3) is 11.1 Å². The topological polar surface area (TPSA) is 109 Å². The number of aromatic nitrogens is 2. The van der Waals surface area contributed by atoms with Crippen molar-refractivity contribution in [2.45, 2.75) is 43.8 Å². The van der Waals surface area contributed by atoms with Crippen LogP contribution in [-0.2, 0) is 16.0 Å². The number of nitrogens with zero attached hydrogens (tertiary/aromatic N) is 3. The van der Waals surface area contributed by atoms with Gasteiger partial charge in [0.2, 0.25) is 5.91 Å². The molecule has 2 N–H and O–H groups in total. The molecule has 1 amide bonds. The SMILES string of the molecule is COCC(=O)n1cc(-c2ccc(CC(C#N)NC(=O)C3NC4CCC3C4)c(F)c2)cn1. The lowest BCUT2D eigenvalue weighted by Gasteiger charge is -2.23. The van der Waals surface area contributed by atoms with Crippen LogP contribution in [-0.4, -0.2) is 53.4 Å². The predicted octanol–water partition coefficient (Wildman–Crippen LogP) is 1.67. The van der Waals surface area contributed by atoms with E-state index in [4.69, 9.17) is 4.74 Å². The normalized spacial score (nSPS) is 22.8. The van der Waals surface area contributed by atoms with Crippen LogP contribution >= 0.6 is 0 Å². The first-order valence-electron chi connectivity index (χ1n) is 10.3. The standard InChI is InChI=1S/C22H24FN5O3/c1-31-12-20(29)28-11-16(10-25-28)13-2-3-14(19(23)8-13)6-18(9-24)27-22(30)21-15-4-5-17(7-15)26-21/h2-3,8,10-11,15,17-18,21,26H,4-7,12H2,1H3,(H,27,30). The Balaban J connectivity index is 1.41. The Hall–Kier alpha value is -3.09. The van der Waals surface area contributed by atoms with E-state index in [9.17, 15) is 19.2 Å². The quantitative estimate of drug-likeness (QED) is 0.699. The summed E-state index contributed by atoms with van der Waals surface area (Å²) in [5.74, 6) is -0.689. The number of carbonyl (C=O) groups is 2. The highest BCUT2D eigenvalue weighted by atomic mass is 19.1. The molecular weight excluding hydrogens is 401 g/mol. The lowest BCUT2D eigenvalue weighted by atomic mass is 9.98. The number of carbonyl (C=O) groups excluding carboxylic acids is 2. The summed E-state index contributed by atoms with van der Waals surface area (Å²) in [5, 5.41) is 19.5. The van der Waals surface area contributed by atoms with E-state index in [1.165, 1.54) is 25.6 Å². The molecule has 8 nitrogen and oxygen atoms in total. The molecule has 31 heavy (non-hydrogen) atoms. The van der Waals surface area contributed by atoms with Crippen LogP contribution < -0.4 is 10.6 Å². The van der Waals surface area contributed by atoms with Gasteiger partial charge in [0.25, 0.3) is 5.91 Å². The number of fused-ring (bicyclic) bond motifs is 2. The molecular formula is C22H24FN5O3. The third-order valence-corrected chi connectivity index (χ3v) is 6.03. The van der Waals surface area contributed by atoms with Crippen molar-refractivity contribution < 1.29 is 18.7 Å². The predicted molar refractivity (Wildman–Crippen MR) is 109 cm³/mol. The van der Waals surface area contributed by atoms with E-state index in [1.54, 1.807) is 12.1 Å². The van der Waals surface area contributed by atoms with Gasteiger partial charge in [0.15, 0.2) is 0 Å². The molecule has 1 aromatic carbocycles. The van der Waals surface area contributed by atoms with Gasteiger partial charge >= 0.3 is 0 Å². The van der Waals surface area contributed by atoms with Gasteiger partial charge in [-0.2, -0.15) is 10.4 Å². The highest BCUT2D eigenvalue weighted by Gasteiger charge is 2.43. The Morgan fingerprint density at radius 2 is 2.26 bits per heavy atom. The Labute approximate surface area is 179 Å². The molecule has 4 unspecified atom stereocenters. The van der Waals surface area contributed by atoms with Crippen LogP contribution in [0.5, 0.6) is 0 Å². The summed E-state index contributed by atoms with van der Waals surface area (Å²) in [6.45, 7) is -0.104. The maximum atomic E-state index is 14.7. The number of halogens is 1. The molecule has 0 radical (unpaired) electrons. The summed E-state index contributed by atoms with van der Waals surface area (Å²) in [6.07, 6.45) is 6.17. The summed E-state index contributed by atoms with van der Waals surface area (Å²) in [5.41, 5.74) is 1.48. The molecule has 2 fully saturated rings. The molecule has 1 aliphatic heterocycles. The lowest BCUT2D eigenvalue weighted by molar-refractivity contribution is -0.124. The number of nitrogens with one attached hydrogen (secondary N) is 2. The Morgan fingerprint density at radius 3 is 2.90 bits per heavy atom. The van der Waals surface area contributed by atoms with Gasteiger partial charge < -0.3 is 15.4 Å². The van der Waals surface area contributed by atoms with Gasteiger partial charge in [-0.05, 0) is 42.4 Å². The second-order valence-electron chi connectivity index (χ2n) is 8.12. The number of hydrogen-bond acceptors (Lipinski definition) is 6. The van der Waals surface area contributed by atoms with E-state index in [1.807, 2.05) is 0 Å². The Bertz CT molecular complexity index is 1030. The maximum Gasteiger partial charge on any atom is 0.272 e. The van der Waals surface area contributed by atoms with Crippen LogP contribution in [0, 0.1) is 23.1 Å². The number of hydrogen-bond donors (Lipinski definition) is 2. The van der Waals surface area contributed by atoms with Crippen molar-refractivity contribution in [1.29, 1.82) is 5.26 Å². The Morgan fingerprint density at radius 1 is 1.42 bits per heavy atom. The molecule has 2 bridgehead atoms. The maximum absolute atomic E-state index is 14.7. The highest BCUT2D eigenvalue weighted by molar-refractivity contribution is 5.83. The first-order chi connectivity index (χ1) is 15.0. The fraction of sp³-hybridized carbons (Fsp3) is 0.455. The molecule has 4 rings (SSSR count). The van der Waals surface area contributed by atoms with Gasteiger partial charge in [-0.3, -0.25) is 9.59 Å². The van der Waals surface area contributed by atoms with Crippen LogP contribution in [0.2, 0.25) is 0 Å². The molecule has 2 aromatic rings. The van der Waals surface area contributed by atoms with Gasteiger partial charge in [-0.1, -0.05) is 12.1 Å². The second-order valence-corrected chi connectivity index (χ2v) is 8.12. The number of amides is 1. The number of benzene rings is 1. The van der Waals surface area contributed by atoms with E-state index in [2.05, 4.69) is 21.8 Å². The fourth-order valence-corrected chi connectivity index (χ4v) is 4.45. The molecule has 2 aliphatic rings. The minimum Gasteiger partial charge on any atom is -0.375 e. The number of methoxy groups -OCH3 is 1. The van der Waals surface area contributed by atoms with E-state index in [0.717, 1.165) is 23.9 Å². The van der Waals surface area contributed by atoms with Crippen molar-refractivity contribution in [3.05, 3.63) is 42.0 Å². The largest absolute Gasteiger partial charge is 0.375 e. The van der Waals surface area contributed by atoms with Gasteiger partial charge in [0.1, 0.15) is 18.5 Å². The van der Waals surface area contributed by atoms with Crippen LogP contribution in [0.15, 0.2) is 30.6 Å². The monoisotopic (exact) mass is 425 g/mol. The van der Waals surface area contributed by atoms with Gasteiger partial charge in [0.05, 0.1) is 18.3 Å². The number of rotatable bonds is 7. The van der Waals surface area contributed by atoms with Crippen molar-refractivity contribution in [2.24, 2.45) is 5.92 Å². The minimum absolute atomic E-state index is 0.0702. The molecule has 1 aromatic heterocycles. The average molecular weight is 425 g/mol. The third kappa shape index (κ3) is 4.50. The highest BCUT2D eigenvalue weighted by Crippen LogP contribution is 2.35. The van der Waals surface area contributed by atoms with E-state index >= 15 is 0 Å². The van der Waals surface area contributed by atoms with Crippen molar-refractivity contribution in [1.82, 2.24) is 20.4 Å². The lowest BCUT2D eigenvalue weighted by Crippen LogP contribution is -2.50. The van der Waals surface area contributed by atoms with Crippen molar-refractivity contribution in [3.8, 4) is 17.2 Å². The number of piperidine rings is 1. The molecule has 1 aliphatic carbocycles. The zero-order valence-corrected chi connectivity index (χ0v) is 17.2. The van der Waals surface area contributed by atoms with Crippen LogP contribution in [0.1, 0.15) is 29.6 Å². The van der Waals surface area contributed by atoms with E-state index < -0.39 is 11.9 Å². The summed E-state index contributed by atoms with van der Waals surface area (Å²) >= 11 is 0. The summed E-state index contributed by atoms with van der Waals surface area (Å²) in [4.78, 5) is 24.4. The molecule has 2 heterocycles. The zero-order valence-electron chi connectivity index (χ0n) is 17.2. The number of ether oxygens (including phenoxy) is 1. The molecule has 0 spiro atoms. The first-order valence-corrected chi connectivity index (χ1v) is 10.3. The molecule has 1 saturated carbocycles. The van der Waals surface area contributed by atoms with Crippen LogP contribution in [0.3, 0.4) is 0 Å². The third-order valence-electron chi connectivity index (χ3n) is 6.03. The van der Waals surface area contributed by atoms with Crippen molar-refractivity contribution >= 4 is 11.8 Å². The summed E-state index contributed by atoms with van der Waals surface area (Å²) in [6, 6.07) is 6.00. The smallest absolute Gasteiger partial charge is 0.272 e. The zero-order chi connectivity index (χ0) is 22.0. The minimum atomic E-state index is -0.816. The van der Waals surface area contributed by atoms with Gasteiger partial charge in [-0.15, -0.1) is 0 Å².